The van der Waals surface area contributed by atoms with Crippen LogP contribution in [0.4, 0.5) is 10.1 Å². The molecule has 0 fully saturated rings. The SMILES string of the molecule is CC(CCO)NC(=O)/C=C/c1ccc(F)cc1[N+](=O)[O-]. The molecule has 1 aromatic carbocycles. The highest BCUT2D eigenvalue weighted by molar-refractivity contribution is 5.92. The lowest BCUT2D eigenvalue weighted by molar-refractivity contribution is -0.385. The number of amides is 1. The van der Waals surface area contributed by atoms with Crippen LogP contribution < -0.4 is 5.32 Å². The Morgan fingerprint density at radius 1 is 1.60 bits per heavy atom. The number of hydrogen-bond acceptors (Lipinski definition) is 4. The number of aliphatic hydroxyl groups excluding tert-OH is 1. The standard InChI is InChI=1S/C13H15FN2O4/c1-9(6-7-17)15-13(18)5-3-10-2-4-11(14)8-12(10)16(19)20/h2-5,8-9,17H,6-7H2,1H3,(H,15,18)/b5-3+. The molecule has 6 nitrogen and oxygen atoms in total. The van der Waals surface area contributed by atoms with E-state index in [1.807, 2.05) is 0 Å². The van der Waals surface area contributed by atoms with E-state index in [4.69, 9.17) is 5.11 Å². The molecule has 0 bridgehead atoms. The molecule has 1 rings (SSSR count). The average molecular weight is 282 g/mol. The average Bonchev–Trinajstić information content (AvgIpc) is 2.37. The Kier molecular flexibility index (Phi) is 5.79. The van der Waals surface area contributed by atoms with Gasteiger partial charge in [0, 0.05) is 18.7 Å². The third kappa shape index (κ3) is 4.77. The topological polar surface area (TPSA) is 92.5 Å². The summed E-state index contributed by atoms with van der Waals surface area (Å²) in [6.07, 6.45) is 2.79. The molecule has 20 heavy (non-hydrogen) atoms. The predicted molar refractivity (Wildman–Crippen MR) is 71.4 cm³/mol. The van der Waals surface area contributed by atoms with Gasteiger partial charge in [0.1, 0.15) is 5.82 Å². The number of carbonyl (C=O) groups excluding carboxylic acids is 1. The maximum atomic E-state index is 12.9. The van der Waals surface area contributed by atoms with E-state index in [9.17, 15) is 19.3 Å². The third-order valence-corrected chi connectivity index (χ3v) is 2.55. The van der Waals surface area contributed by atoms with Gasteiger partial charge in [-0.1, -0.05) is 0 Å². The second kappa shape index (κ2) is 7.34. The lowest BCUT2D eigenvalue weighted by Crippen LogP contribution is -2.31. The summed E-state index contributed by atoms with van der Waals surface area (Å²) in [6, 6.07) is 2.90. The van der Waals surface area contributed by atoms with E-state index in [0.29, 0.717) is 6.42 Å². The Balaban J connectivity index is 2.80. The van der Waals surface area contributed by atoms with E-state index in [2.05, 4.69) is 5.32 Å². The Labute approximate surface area is 115 Å². The van der Waals surface area contributed by atoms with E-state index < -0.39 is 22.3 Å². The summed E-state index contributed by atoms with van der Waals surface area (Å²) < 4.78 is 12.9. The monoisotopic (exact) mass is 282 g/mol. The van der Waals surface area contributed by atoms with Crippen molar-refractivity contribution in [3.05, 3.63) is 45.8 Å². The number of halogens is 1. The van der Waals surface area contributed by atoms with Gasteiger partial charge < -0.3 is 10.4 Å². The number of rotatable bonds is 6. The third-order valence-electron chi connectivity index (χ3n) is 2.55. The molecule has 0 aromatic heterocycles. The molecule has 0 heterocycles. The minimum absolute atomic E-state index is 0.0470. The van der Waals surface area contributed by atoms with Crippen LogP contribution in [-0.2, 0) is 4.79 Å². The molecule has 2 N–H and O–H groups in total. The van der Waals surface area contributed by atoms with Crippen molar-refractivity contribution in [3.8, 4) is 0 Å². The Hall–Kier alpha value is -2.28. The summed E-state index contributed by atoms with van der Waals surface area (Å²) >= 11 is 0. The van der Waals surface area contributed by atoms with E-state index >= 15 is 0 Å². The van der Waals surface area contributed by atoms with Crippen molar-refractivity contribution < 1.29 is 19.2 Å². The summed E-state index contributed by atoms with van der Waals surface area (Å²) in [5, 5.41) is 22.0. The summed E-state index contributed by atoms with van der Waals surface area (Å²) in [5.74, 6) is -1.15. The van der Waals surface area contributed by atoms with Crippen LogP contribution >= 0.6 is 0 Å². The van der Waals surface area contributed by atoms with Gasteiger partial charge in [-0.05, 0) is 31.6 Å². The molecule has 0 saturated heterocycles. The number of nitro benzene ring substituents is 1. The molecule has 1 unspecified atom stereocenters. The van der Waals surface area contributed by atoms with Crippen molar-refractivity contribution >= 4 is 17.7 Å². The molecule has 1 aromatic rings. The minimum atomic E-state index is -0.713. The molecular formula is C13H15FN2O4. The first kappa shape index (κ1) is 15.8. The predicted octanol–water partition coefficient (Wildman–Crippen LogP) is 1.63. The van der Waals surface area contributed by atoms with Gasteiger partial charge in [0.05, 0.1) is 16.6 Å². The van der Waals surface area contributed by atoms with Gasteiger partial charge >= 0.3 is 0 Å². The quantitative estimate of drug-likeness (QED) is 0.471. The zero-order valence-corrected chi connectivity index (χ0v) is 10.9. The molecule has 0 spiro atoms. The molecule has 0 aliphatic rings. The molecular weight excluding hydrogens is 267 g/mol. The largest absolute Gasteiger partial charge is 0.396 e. The van der Waals surface area contributed by atoms with E-state index in [1.165, 1.54) is 12.1 Å². The number of benzene rings is 1. The van der Waals surface area contributed by atoms with Crippen LogP contribution in [0.3, 0.4) is 0 Å². The van der Waals surface area contributed by atoms with Crippen LogP contribution in [0, 0.1) is 15.9 Å². The molecule has 108 valence electrons. The van der Waals surface area contributed by atoms with Gasteiger partial charge in [-0.15, -0.1) is 0 Å². The van der Waals surface area contributed by atoms with Crippen molar-refractivity contribution in [1.29, 1.82) is 0 Å². The van der Waals surface area contributed by atoms with Gasteiger partial charge in [0.15, 0.2) is 0 Å². The van der Waals surface area contributed by atoms with Crippen molar-refractivity contribution in [2.24, 2.45) is 0 Å². The van der Waals surface area contributed by atoms with Crippen molar-refractivity contribution in [1.82, 2.24) is 5.32 Å². The van der Waals surface area contributed by atoms with Crippen LogP contribution in [0.2, 0.25) is 0 Å². The van der Waals surface area contributed by atoms with Gasteiger partial charge in [0.2, 0.25) is 5.91 Å². The smallest absolute Gasteiger partial charge is 0.279 e. The minimum Gasteiger partial charge on any atom is -0.396 e. The van der Waals surface area contributed by atoms with Crippen LogP contribution in [0.5, 0.6) is 0 Å². The van der Waals surface area contributed by atoms with Crippen LogP contribution in [0.25, 0.3) is 6.08 Å². The first-order valence-electron chi connectivity index (χ1n) is 5.97. The summed E-state index contributed by atoms with van der Waals surface area (Å²) in [6.45, 7) is 1.68. The molecule has 1 amide bonds. The van der Waals surface area contributed by atoms with Crippen LogP contribution in [0.1, 0.15) is 18.9 Å². The molecule has 7 heteroatoms. The highest BCUT2D eigenvalue weighted by atomic mass is 19.1. The highest BCUT2D eigenvalue weighted by Gasteiger charge is 2.13. The zero-order chi connectivity index (χ0) is 15.1. The fraction of sp³-hybridized carbons (Fsp3) is 0.308. The maximum Gasteiger partial charge on any atom is 0.279 e. The Morgan fingerprint density at radius 3 is 2.90 bits per heavy atom. The number of nitrogens with zero attached hydrogens (tertiary/aromatic N) is 1. The molecule has 1 atom stereocenters. The number of nitrogens with one attached hydrogen (secondary N) is 1. The van der Waals surface area contributed by atoms with Crippen molar-refractivity contribution in [2.75, 3.05) is 6.61 Å². The second-order valence-electron chi connectivity index (χ2n) is 4.22. The van der Waals surface area contributed by atoms with Gasteiger partial charge in [0.25, 0.3) is 5.69 Å². The van der Waals surface area contributed by atoms with Crippen molar-refractivity contribution in [2.45, 2.75) is 19.4 Å². The fourth-order valence-corrected chi connectivity index (χ4v) is 1.54. The van der Waals surface area contributed by atoms with Gasteiger partial charge in [-0.2, -0.15) is 0 Å². The lowest BCUT2D eigenvalue weighted by atomic mass is 10.1. The Morgan fingerprint density at radius 2 is 2.30 bits per heavy atom. The summed E-state index contributed by atoms with van der Waals surface area (Å²) in [7, 11) is 0. The number of carbonyl (C=O) groups is 1. The molecule has 0 aliphatic heterocycles. The zero-order valence-electron chi connectivity index (χ0n) is 10.9. The highest BCUT2D eigenvalue weighted by Crippen LogP contribution is 2.20. The number of hydrogen-bond donors (Lipinski definition) is 2. The van der Waals surface area contributed by atoms with Crippen LogP contribution in [-0.4, -0.2) is 28.6 Å². The van der Waals surface area contributed by atoms with E-state index in [0.717, 1.165) is 18.2 Å². The molecule has 0 radical (unpaired) electrons. The first-order valence-corrected chi connectivity index (χ1v) is 5.97. The van der Waals surface area contributed by atoms with E-state index in [-0.39, 0.29) is 18.2 Å². The first-order chi connectivity index (χ1) is 9.43. The van der Waals surface area contributed by atoms with Crippen LogP contribution in [0.15, 0.2) is 24.3 Å². The van der Waals surface area contributed by atoms with Crippen molar-refractivity contribution in [3.63, 3.8) is 0 Å². The summed E-state index contributed by atoms with van der Waals surface area (Å²) in [4.78, 5) is 21.6. The van der Waals surface area contributed by atoms with Gasteiger partial charge in [-0.25, -0.2) is 4.39 Å². The molecule has 0 aliphatic carbocycles. The number of aliphatic hydroxyl groups is 1. The summed E-state index contributed by atoms with van der Waals surface area (Å²) in [5.41, 5.74) is -0.265. The van der Waals surface area contributed by atoms with Gasteiger partial charge in [-0.3, -0.25) is 14.9 Å². The van der Waals surface area contributed by atoms with E-state index in [1.54, 1.807) is 6.92 Å². The second-order valence-corrected chi connectivity index (χ2v) is 4.22. The Bertz CT molecular complexity index is 531. The normalized spacial score (nSPS) is 12.3. The maximum absolute atomic E-state index is 12.9. The lowest BCUT2D eigenvalue weighted by Gasteiger charge is -2.09. The molecule has 0 saturated carbocycles. The number of nitro groups is 1. The fourth-order valence-electron chi connectivity index (χ4n) is 1.54.